The summed E-state index contributed by atoms with van der Waals surface area (Å²) in [5.74, 6) is 0.406. The maximum absolute atomic E-state index is 13.5. The van der Waals surface area contributed by atoms with Crippen molar-refractivity contribution >= 4 is 11.6 Å². The highest BCUT2D eigenvalue weighted by atomic mass is 16.6. The highest BCUT2D eigenvalue weighted by Crippen LogP contribution is 2.65. The fourth-order valence-corrected chi connectivity index (χ4v) is 8.00. The second kappa shape index (κ2) is 8.16. The number of nitro benzene ring substituents is 1. The minimum absolute atomic E-state index is 0.0219. The zero-order chi connectivity index (χ0) is 26.4. The van der Waals surface area contributed by atoms with Gasteiger partial charge in [-0.15, -0.1) is 0 Å². The number of carbonyl (C=O) groups excluding carboxylic acids is 1. The monoisotopic (exact) mass is 519 g/mol. The number of phenolic OH excluding ortho intramolecular Hbond substituents is 1. The Bertz CT molecular complexity index is 1340. The fraction of sp³-hybridized carbons (Fsp3) is 0.552. The molecule has 2 heterocycles. The molecule has 38 heavy (non-hydrogen) atoms. The van der Waals surface area contributed by atoms with Crippen LogP contribution in [0.1, 0.15) is 61.6 Å². The molecule has 3 fully saturated rings. The Hall–Kier alpha value is -3.17. The fourth-order valence-electron chi connectivity index (χ4n) is 8.00. The van der Waals surface area contributed by atoms with Gasteiger partial charge in [0.1, 0.15) is 6.10 Å². The van der Waals surface area contributed by atoms with Crippen LogP contribution in [0.5, 0.6) is 11.5 Å². The molecule has 1 spiro atoms. The van der Waals surface area contributed by atoms with Gasteiger partial charge in [-0.05, 0) is 75.1 Å². The minimum Gasteiger partial charge on any atom is -0.504 e. The van der Waals surface area contributed by atoms with E-state index in [4.69, 9.17) is 4.74 Å². The Labute approximate surface area is 220 Å². The van der Waals surface area contributed by atoms with E-state index >= 15 is 0 Å². The summed E-state index contributed by atoms with van der Waals surface area (Å²) in [6.45, 7) is 3.60. The minimum atomic E-state index is -1.01. The largest absolute Gasteiger partial charge is 0.504 e. The van der Waals surface area contributed by atoms with Gasteiger partial charge in [-0.2, -0.15) is 0 Å². The molecule has 6 atom stereocenters. The van der Waals surface area contributed by atoms with Gasteiger partial charge in [0.15, 0.2) is 11.5 Å². The highest BCUT2D eigenvalue weighted by Gasteiger charge is 2.73. The Balaban J connectivity index is 1.22. The number of aromatic hydroxyl groups is 1. The van der Waals surface area contributed by atoms with E-state index in [0.29, 0.717) is 36.5 Å². The Kier molecular flexibility index (Phi) is 5.14. The number of hydrogen-bond acceptors (Lipinski definition) is 7. The van der Waals surface area contributed by atoms with Crippen LogP contribution in [0.3, 0.4) is 0 Å². The first-order chi connectivity index (χ1) is 18.2. The van der Waals surface area contributed by atoms with Crippen LogP contribution in [0.15, 0.2) is 36.4 Å². The second-order valence-electron chi connectivity index (χ2n) is 12.0. The van der Waals surface area contributed by atoms with Crippen LogP contribution in [0.4, 0.5) is 5.69 Å². The SMILES string of the molecule is CC(C(=O)NC1CC[C@@]2(O)[C@H]3Cc4ccc(O)c5c4[C@@]2(CCN3CC2CC2)C1O5)c1cccc([N+](=O)[O-])c1. The van der Waals surface area contributed by atoms with Crippen LogP contribution in [-0.4, -0.2) is 62.8 Å². The highest BCUT2D eigenvalue weighted by molar-refractivity contribution is 5.84. The third-order valence-electron chi connectivity index (χ3n) is 10.1. The number of rotatable bonds is 6. The molecule has 9 heteroatoms. The van der Waals surface area contributed by atoms with Gasteiger partial charge in [-0.1, -0.05) is 18.2 Å². The molecule has 2 aliphatic heterocycles. The van der Waals surface area contributed by atoms with E-state index in [1.807, 2.05) is 6.07 Å². The molecular formula is C29H33N3O6. The summed E-state index contributed by atoms with van der Waals surface area (Å²) in [5, 5.41) is 37.8. The van der Waals surface area contributed by atoms with Crippen molar-refractivity contribution in [3.63, 3.8) is 0 Å². The predicted octanol–water partition coefficient (Wildman–Crippen LogP) is 3.15. The maximum atomic E-state index is 13.5. The number of nitrogens with one attached hydrogen (secondary N) is 1. The van der Waals surface area contributed by atoms with Gasteiger partial charge in [0.05, 0.1) is 27.9 Å². The number of carbonyl (C=O) groups is 1. The number of nitrogens with zero attached hydrogens (tertiary/aromatic N) is 2. The predicted molar refractivity (Wildman–Crippen MR) is 138 cm³/mol. The summed E-state index contributed by atoms with van der Waals surface area (Å²) in [5.41, 5.74) is 0.857. The van der Waals surface area contributed by atoms with Crippen LogP contribution < -0.4 is 10.1 Å². The number of piperidine rings is 1. The van der Waals surface area contributed by atoms with Gasteiger partial charge in [0, 0.05) is 30.3 Å². The van der Waals surface area contributed by atoms with Crippen molar-refractivity contribution in [2.24, 2.45) is 5.92 Å². The first-order valence-electron chi connectivity index (χ1n) is 13.8. The van der Waals surface area contributed by atoms with Gasteiger partial charge in [0.2, 0.25) is 5.91 Å². The number of phenols is 1. The molecule has 3 unspecified atom stereocenters. The molecule has 2 saturated carbocycles. The summed E-state index contributed by atoms with van der Waals surface area (Å²) in [4.78, 5) is 26.7. The normalized spacial score (nSPS) is 33.7. The number of non-ortho nitro benzene ring substituents is 1. The average molecular weight is 520 g/mol. The van der Waals surface area contributed by atoms with E-state index in [0.717, 1.165) is 30.6 Å². The zero-order valence-corrected chi connectivity index (χ0v) is 21.4. The van der Waals surface area contributed by atoms with Crippen LogP contribution >= 0.6 is 0 Å². The van der Waals surface area contributed by atoms with Crippen molar-refractivity contribution in [1.82, 2.24) is 10.2 Å². The Morgan fingerprint density at radius 1 is 1.26 bits per heavy atom. The molecule has 9 nitrogen and oxygen atoms in total. The number of ether oxygens (including phenoxy) is 1. The average Bonchev–Trinajstić information content (AvgIpc) is 3.65. The number of aliphatic hydroxyl groups is 1. The quantitative estimate of drug-likeness (QED) is 0.395. The molecule has 0 radical (unpaired) electrons. The van der Waals surface area contributed by atoms with Crippen molar-refractivity contribution in [1.29, 1.82) is 0 Å². The number of nitro groups is 1. The first-order valence-corrected chi connectivity index (χ1v) is 13.8. The van der Waals surface area contributed by atoms with Crippen LogP contribution in [-0.2, 0) is 16.6 Å². The zero-order valence-electron chi connectivity index (χ0n) is 21.4. The van der Waals surface area contributed by atoms with Crippen LogP contribution in [0.25, 0.3) is 0 Å². The lowest BCUT2D eigenvalue weighted by Gasteiger charge is -2.64. The molecule has 5 aliphatic rings. The van der Waals surface area contributed by atoms with Gasteiger partial charge in [-0.3, -0.25) is 19.8 Å². The lowest BCUT2D eigenvalue weighted by molar-refractivity contribution is -0.384. The van der Waals surface area contributed by atoms with Gasteiger partial charge < -0.3 is 20.3 Å². The van der Waals surface area contributed by atoms with Gasteiger partial charge in [0.25, 0.3) is 5.69 Å². The van der Waals surface area contributed by atoms with Gasteiger partial charge >= 0.3 is 0 Å². The van der Waals surface area contributed by atoms with Crippen molar-refractivity contribution in [2.75, 3.05) is 13.1 Å². The van der Waals surface area contributed by atoms with Crippen LogP contribution in [0.2, 0.25) is 0 Å². The molecule has 0 aromatic heterocycles. The lowest BCUT2D eigenvalue weighted by Crippen LogP contribution is -2.78. The maximum Gasteiger partial charge on any atom is 0.269 e. The topological polar surface area (TPSA) is 125 Å². The van der Waals surface area contributed by atoms with Crippen molar-refractivity contribution < 1.29 is 24.7 Å². The smallest absolute Gasteiger partial charge is 0.269 e. The molecule has 2 aromatic rings. The molecule has 3 N–H and O–H groups in total. The molecule has 2 aromatic carbocycles. The molecule has 200 valence electrons. The Morgan fingerprint density at radius 3 is 2.84 bits per heavy atom. The summed E-state index contributed by atoms with van der Waals surface area (Å²) >= 11 is 0. The summed E-state index contributed by atoms with van der Waals surface area (Å²) in [7, 11) is 0. The van der Waals surface area contributed by atoms with Crippen molar-refractivity contribution in [2.45, 2.75) is 80.6 Å². The molecule has 7 rings (SSSR count). The summed E-state index contributed by atoms with van der Waals surface area (Å²) < 4.78 is 6.52. The molecular weight excluding hydrogens is 486 g/mol. The van der Waals surface area contributed by atoms with E-state index in [2.05, 4.69) is 10.2 Å². The molecule has 3 aliphatic carbocycles. The number of amides is 1. The van der Waals surface area contributed by atoms with E-state index in [1.54, 1.807) is 25.1 Å². The number of likely N-dealkylation sites (tertiary alicyclic amines) is 1. The van der Waals surface area contributed by atoms with Crippen molar-refractivity contribution in [3.05, 3.63) is 63.2 Å². The molecule has 2 bridgehead atoms. The number of benzene rings is 2. The van der Waals surface area contributed by atoms with Crippen LogP contribution in [0, 0.1) is 16.0 Å². The number of hydrogen-bond donors (Lipinski definition) is 3. The van der Waals surface area contributed by atoms with Crippen molar-refractivity contribution in [3.8, 4) is 11.5 Å². The molecule has 1 amide bonds. The van der Waals surface area contributed by atoms with E-state index in [1.165, 1.54) is 25.0 Å². The van der Waals surface area contributed by atoms with E-state index in [9.17, 15) is 25.1 Å². The third-order valence-corrected chi connectivity index (χ3v) is 10.1. The Morgan fingerprint density at radius 2 is 2.08 bits per heavy atom. The lowest BCUT2D eigenvalue weighted by atomic mass is 9.48. The summed E-state index contributed by atoms with van der Waals surface area (Å²) in [6, 6.07) is 9.45. The van der Waals surface area contributed by atoms with Gasteiger partial charge in [-0.25, -0.2) is 0 Å². The first kappa shape index (κ1) is 23.9. The standard InChI is InChI=1S/C29H33N3O6/c1-16(18-3-2-4-20(13-18)32(36)37)27(34)30-21-9-10-29(35)23-14-19-7-8-22(33)25-24(19)28(29,26(21)38-25)11-12-31(23)15-17-5-6-17/h2-4,7-8,13,16-17,21,23,26,33,35H,5-6,9-12,14-15H2,1H3,(H,30,34)/t16?,21?,23-,26?,28+,29-/m1/s1. The third kappa shape index (κ3) is 3.21. The summed E-state index contributed by atoms with van der Waals surface area (Å²) in [6.07, 6.45) is 4.51. The molecule has 1 saturated heterocycles. The van der Waals surface area contributed by atoms with E-state index in [-0.39, 0.29) is 29.4 Å². The van der Waals surface area contributed by atoms with E-state index < -0.39 is 28.0 Å². The second-order valence-corrected chi connectivity index (χ2v) is 12.0.